The minimum Gasteiger partial charge on any atom is -0.381 e. The summed E-state index contributed by atoms with van der Waals surface area (Å²) in [5, 5.41) is 4.06. The van der Waals surface area contributed by atoms with Crippen LogP contribution in [0.25, 0.3) is 0 Å². The number of nitrogens with zero attached hydrogens (tertiary/aromatic N) is 2. The number of likely N-dealkylation sites (tertiary alicyclic amines) is 1. The molecule has 0 saturated carbocycles. The molecule has 5 nitrogen and oxygen atoms in total. The van der Waals surface area contributed by atoms with Crippen molar-refractivity contribution >= 4 is 17.5 Å². The van der Waals surface area contributed by atoms with Gasteiger partial charge in [0.1, 0.15) is 0 Å². The first-order valence-electron chi connectivity index (χ1n) is 10.9. The van der Waals surface area contributed by atoms with Gasteiger partial charge in [0.15, 0.2) is 0 Å². The van der Waals surface area contributed by atoms with Gasteiger partial charge in [-0.3, -0.25) is 14.7 Å². The van der Waals surface area contributed by atoms with Crippen molar-refractivity contribution in [2.75, 3.05) is 26.3 Å². The van der Waals surface area contributed by atoms with E-state index in [-0.39, 0.29) is 17.4 Å². The standard InChI is InChI=1S/C24H30ClN3O2/c25-21-8-2-1-7-20(21)24(10-14-30-15-11-24)18-27-23(29)22-9-3-4-13-28(22)17-19-6-5-12-26-16-19/h1-2,5-8,12,16,22H,3-4,9-11,13-15,17-18H2,(H,27,29). The minimum absolute atomic E-state index is 0.0953. The zero-order valence-electron chi connectivity index (χ0n) is 17.4. The summed E-state index contributed by atoms with van der Waals surface area (Å²) in [4.78, 5) is 19.8. The number of benzene rings is 1. The van der Waals surface area contributed by atoms with Gasteiger partial charge in [-0.1, -0.05) is 42.3 Å². The van der Waals surface area contributed by atoms with Gasteiger partial charge >= 0.3 is 0 Å². The molecule has 0 bridgehead atoms. The van der Waals surface area contributed by atoms with Gasteiger partial charge in [0, 0.05) is 49.1 Å². The number of carbonyl (C=O) groups excluding carboxylic acids is 1. The van der Waals surface area contributed by atoms with E-state index in [4.69, 9.17) is 16.3 Å². The Morgan fingerprint density at radius 1 is 1.20 bits per heavy atom. The van der Waals surface area contributed by atoms with Crippen LogP contribution in [0.4, 0.5) is 0 Å². The number of pyridine rings is 1. The summed E-state index contributed by atoms with van der Waals surface area (Å²) in [7, 11) is 0. The molecule has 2 aliphatic heterocycles. The zero-order chi connectivity index (χ0) is 20.8. The fourth-order valence-corrected chi connectivity index (χ4v) is 5.11. The smallest absolute Gasteiger partial charge is 0.237 e. The maximum atomic E-state index is 13.3. The van der Waals surface area contributed by atoms with E-state index >= 15 is 0 Å². The molecule has 2 aliphatic rings. The molecular formula is C24H30ClN3O2. The molecule has 30 heavy (non-hydrogen) atoms. The molecule has 0 aliphatic carbocycles. The molecule has 2 aromatic rings. The second-order valence-electron chi connectivity index (χ2n) is 8.43. The molecule has 2 fully saturated rings. The van der Waals surface area contributed by atoms with Gasteiger partial charge < -0.3 is 10.1 Å². The lowest BCUT2D eigenvalue weighted by molar-refractivity contribution is -0.128. The van der Waals surface area contributed by atoms with Crippen LogP contribution >= 0.6 is 11.6 Å². The third kappa shape index (κ3) is 4.85. The topological polar surface area (TPSA) is 54.5 Å². The second kappa shape index (κ2) is 9.90. The maximum Gasteiger partial charge on any atom is 0.237 e. The first-order chi connectivity index (χ1) is 14.7. The van der Waals surface area contributed by atoms with Crippen LogP contribution in [-0.2, 0) is 21.5 Å². The highest BCUT2D eigenvalue weighted by molar-refractivity contribution is 6.31. The van der Waals surface area contributed by atoms with E-state index in [1.165, 1.54) is 0 Å². The predicted molar refractivity (Wildman–Crippen MR) is 118 cm³/mol. The molecule has 1 aromatic carbocycles. The summed E-state index contributed by atoms with van der Waals surface area (Å²) in [6.07, 6.45) is 8.51. The number of halogens is 1. The summed E-state index contributed by atoms with van der Waals surface area (Å²) in [6, 6.07) is 11.9. The molecule has 4 rings (SSSR count). The van der Waals surface area contributed by atoms with Gasteiger partial charge in [-0.25, -0.2) is 0 Å². The number of ether oxygens (including phenoxy) is 1. The first-order valence-corrected chi connectivity index (χ1v) is 11.3. The van der Waals surface area contributed by atoms with Crippen molar-refractivity contribution in [3.63, 3.8) is 0 Å². The molecule has 1 atom stereocenters. The van der Waals surface area contributed by atoms with E-state index in [2.05, 4.69) is 27.3 Å². The average molecular weight is 428 g/mol. The van der Waals surface area contributed by atoms with Crippen LogP contribution in [0.2, 0.25) is 5.02 Å². The molecule has 2 saturated heterocycles. The van der Waals surface area contributed by atoms with E-state index in [0.717, 1.165) is 61.3 Å². The lowest BCUT2D eigenvalue weighted by Gasteiger charge is -2.40. The maximum absolute atomic E-state index is 13.3. The Balaban J connectivity index is 1.46. The highest BCUT2D eigenvalue weighted by Crippen LogP contribution is 2.38. The van der Waals surface area contributed by atoms with Gasteiger partial charge in [0.25, 0.3) is 0 Å². The monoisotopic (exact) mass is 427 g/mol. The van der Waals surface area contributed by atoms with Gasteiger partial charge in [-0.15, -0.1) is 0 Å². The van der Waals surface area contributed by atoms with Crippen molar-refractivity contribution in [2.24, 2.45) is 0 Å². The molecule has 0 radical (unpaired) electrons. The summed E-state index contributed by atoms with van der Waals surface area (Å²) >= 11 is 6.56. The normalized spacial score (nSPS) is 21.8. The van der Waals surface area contributed by atoms with Crippen molar-refractivity contribution in [3.05, 3.63) is 64.9 Å². The minimum atomic E-state index is -0.172. The van der Waals surface area contributed by atoms with E-state index in [0.29, 0.717) is 19.8 Å². The number of nitrogens with one attached hydrogen (secondary N) is 1. The number of hydrogen-bond acceptors (Lipinski definition) is 4. The van der Waals surface area contributed by atoms with Gasteiger partial charge in [-0.2, -0.15) is 0 Å². The fraction of sp³-hybridized carbons (Fsp3) is 0.500. The van der Waals surface area contributed by atoms with Crippen molar-refractivity contribution in [3.8, 4) is 0 Å². The summed E-state index contributed by atoms with van der Waals surface area (Å²) < 4.78 is 5.62. The largest absolute Gasteiger partial charge is 0.381 e. The lowest BCUT2D eigenvalue weighted by atomic mass is 9.74. The van der Waals surface area contributed by atoms with Crippen LogP contribution in [0.3, 0.4) is 0 Å². The van der Waals surface area contributed by atoms with Gasteiger partial charge in [0.2, 0.25) is 5.91 Å². The Kier molecular flexibility index (Phi) is 7.03. The number of amides is 1. The van der Waals surface area contributed by atoms with Crippen LogP contribution in [0.5, 0.6) is 0 Å². The van der Waals surface area contributed by atoms with E-state index in [9.17, 15) is 4.79 Å². The molecule has 6 heteroatoms. The van der Waals surface area contributed by atoms with Crippen molar-refractivity contribution in [1.82, 2.24) is 15.2 Å². The number of rotatable bonds is 6. The lowest BCUT2D eigenvalue weighted by Crippen LogP contribution is -2.52. The molecule has 0 spiro atoms. The number of piperidine rings is 1. The van der Waals surface area contributed by atoms with Crippen LogP contribution in [0.1, 0.15) is 43.2 Å². The fourth-order valence-electron chi connectivity index (χ4n) is 4.77. The average Bonchev–Trinajstić information content (AvgIpc) is 2.79. The van der Waals surface area contributed by atoms with Gasteiger partial charge in [-0.05, 0) is 55.5 Å². The SMILES string of the molecule is O=C(NCC1(c2ccccc2Cl)CCOCC1)C1CCCCN1Cc1cccnc1. The van der Waals surface area contributed by atoms with E-state index in [1.807, 2.05) is 30.5 Å². The molecule has 1 aromatic heterocycles. The number of carbonyl (C=O) groups is 1. The molecule has 1 unspecified atom stereocenters. The quantitative estimate of drug-likeness (QED) is 0.758. The van der Waals surface area contributed by atoms with Crippen molar-refractivity contribution < 1.29 is 9.53 Å². The van der Waals surface area contributed by atoms with E-state index in [1.54, 1.807) is 6.20 Å². The third-order valence-corrected chi connectivity index (χ3v) is 6.85. The van der Waals surface area contributed by atoms with Crippen LogP contribution < -0.4 is 5.32 Å². The number of aromatic nitrogens is 1. The van der Waals surface area contributed by atoms with Crippen LogP contribution in [-0.4, -0.2) is 48.1 Å². The van der Waals surface area contributed by atoms with E-state index < -0.39 is 0 Å². The third-order valence-electron chi connectivity index (χ3n) is 6.52. The molecule has 3 heterocycles. The molecular weight excluding hydrogens is 398 g/mol. The first kappa shape index (κ1) is 21.3. The summed E-state index contributed by atoms with van der Waals surface area (Å²) in [5.41, 5.74) is 2.09. The summed E-state index contributed by atoms with van der Waals surface area (Å²) in [5.74, 6) is 0.122. The van der Waals surface area contributed by atoms with Crippen LogP contribution in [0.15, 0.2) is 48.8 Å². The Bertz CT molecular complexity index is 839. The number of hydrogen-bond donors (Lipinski definition) is 1. The highest BCUT2D eigenvalue weighted by atomic mass is 35.5. The van der Waals surface area contributed by atoms with Crippen LogP contribution in [0, 0.1) is 0 Å². The second-order valence-corrected chi connectivity index (χ2v) is 8.84. The van der Waals surface area contributed by atoms with Crippen molar-refractivity contribution in [2.45, 2.75) is 50.1 Å². The molecule has 160 valence electrons. The predicted octanol–water partition coefficient (Wildman–Crippen LogP) is 3.95. The zero-order valence-corrected chi connectivity index (χ0v) is 18.1. The van der Waals surface area contributed by atoms with Crippen molar-refractivity contribution in [1.29, 1.82) is 0 Å². The molecule has 1 amide bonds. The summed E-state index contributed by atoms with van der Waals surface area (Å²) in [6.45, 7) is 3.68. The highest BCUT2D eigenvalue weighted by Gasteiger charge is 2.37. The van der Waals surface area contributed by atoms with Gasteiger partial charge in [0.05, 0.1) is 6.04 Å². The Morgan fingerprint density at radius 3 is 2.80 bits per heavy atom. The Hall–Kier alpha value is -1.95. The Labute approximate surface area is 183 Å². The molecule has 1 N–H and O–H groups in total. The Morgan fingerprint density at radius 2 is 2.03 bits per heavy atom.